The van der Waals surface area contributed by atoms with E-state index in [0.29, 0.717) is 0 Å². The second kappa shape index (κ2) is 5.39. The maximum Gasteiger partial charge on any atom is 0.138 e. The lowest BCUT2D eigenvalue weighted by molar-refractivity contribution is 0.178. The van der Waals surface area contributed by atoms with E-state index in [2.05, 4.69) is 30.9 Å². The van der Waals surface area contributed by atoms with E-state index in [1.54, 1.807) is 6.33 Å². The Morgan fingerprint density at radius 1 is 1.39 bits per heavy atom. The predicted octanol–water partition coefficient (Wildman–Crippen LogP) is 2.38. The molecule has 0 spiro atoms. The Kier molecular flexibility index (Phi) is 4.05. The molecule has 1 aromatic rings. The molecule has 2 atom stereocenters. The van der Waals surface area contributed by atoms with E-state index in [0.717, 1.165) is 49.9 Å². The van der Waals surface area contributed by atoms with E-state index in [1.165, 1.54) is 6.42 Å². The molecular formula is C14H26N4. The van der Waals surface area contributed by atoms with Crippen LogP contribution in [0.4, 0.5) is 0 Å². The van der Waals surface area contributed by atoms with Gasteiger partial charge in [0.2, 0.25) is 0 Å². The molecule has 0 amide bonds. The molecule has 0 aliphatic heterocycles. The standard InChI is InChI=1S/C14H26N4/c1-4-5-18-13(16-10-17-18)9-14(15)7-11(2)6-12(3)8-14/h10-12H,4-9,15H2,1-3H3. The summed E-state index contributed by atoms with van der Waals surface area (Å²) in [4.78, 5) is 4.40. The van der Waals surface area contributed by atoms with Crippen molar-refractivity contribution in [1.82, 2.24) is 14.8 Å². The lowest BCUT2D eigenvalue weighted by Crippen LogP contribution is -2.48. The SMILES string of the molecule is CCCn1ncnc1CC1(N)CC(C)CC(C)C1. The Morgan fingerprint density at radius 2 is 2.06 bits per heavy atom. The summed E-state index contributed by atoms with van der Waals surface area (Å²) in [6, 6.07) is 0. The van der Waals surface area contributed by atoms with Crippen LogP contribution in [0.5, 0.6) is 0 Å². The van der Waals surface area contributed by atoms with Gasteiger partial charge in [-0.05, 0) is 37.5 Å². The van der Waals surface area contributed by atoms with Crippen LogP contribution >= 0.6 is 0 Å². The number of aryl methyl sites for hydroxylation is 1. The van der Waals surface area contributed by atoms with Crippen LogP contribution in [-0.2, 0) is 13.0 Å². The highest BCUT2D eigenvalue weighted by atomic mass is 15.3. The minimum Gasteiger partial charge on any atom is -0.325 e. The van der Waals surface area contributed by atoms with Crippen LogP contribution in [0.3, 0.4) is 0 Å². The second-order valence-corrected chi connectivity index (χ2v) is 6.29. The van der Waals surface area contributed by atoms with Crippen molar-refractivity contribution in [2.75, 3.05) is 0 Å². The number of rotatable bonds is 4. The highest BCUT2D eigenvalue weighted by Gasteiger charge is 2.35. The van der Waals surface area contributed by atoms with Gasteiger partial charge in [0, 0.05) is 18.5 Å². The van der Waals surface area contributed by atoms with Crippen molar-refractivity contribution in [2.45, 2.75) is 65.0 Å². The van der Waals surface area contributed by atoms with Gasteiger partial charge in [0.15, 0.2) is 0 Å². The lowest BCUT2D eigenvalue weighted by Gasteiger charge is -2.40. The third kappa shape index (κ3) is 3.10. The van der Waals surface area contributed by atoms with Crippen molar-refractivity contribution >= 4 is 0 Å². The van der Waals surface area contributed by atoms with Crippen LogP contribution in [0.1, 0.15) is 52.3 Å². The highest BCUT2D eigenvalue weighted by Crippen LogP contribution is 2.36. The van der Waals surface area contributed by atoms with Crippen molar-refractivity contribution in [1.29, 1.82) is 0 Å². The van der Waals surface area contributed by atoms with Gasteiger partial charge in [0.1, 0.15) is 12.2 Å². The molecule has 0 aromatic carbocycles. The van der Waals surface area contributed by atoms with Crippen molar-refractivity contribution in [3.8, 4) is 0 Å². The van der Waals surface area contributed by atoms with E-state index in [-0.39, 0.29) is 5.54 Å². The second-order valence-electron chi connectivity index (χ2n) is 6.29. The molecule has 2 rings (SSSR count). The van der Waals surface area contributed by atoms with E-state index in [9.17, 15) is 0 Å². The van der Waals surface area contributed by atoms with Gasteiger partial charge in [0.05, 0.1) is 0 Å². The third-order valence-corrected chi connectivity index (χ3v) is 3.96. The first-order valence-corrected chi connectivity index (χ1v) is 7.18. The van der Waals surface area contributed by atoms with Gasteiger partial charge in [0.25, 0.3) is 0 Å². The fraction of sp³-hybridized carbons (Fsp3) is 0.857. The molecule has 1 heterocycles. The maximum absolute atomic E-state index is 6.62. The molecule has 1 aromatic heterocycles. The zero-order chi connectivity index (χ0) is 13.2. The molecule has 1 saturated carbocycles. The summed E-state index contributed by atoms with van der Waals surface area (Å²) < 4.78 is 2.01. The molecule has 1 aliphatic rings. The molecule has 0 saturated heterocycles. The largest absolute Gasteiger partial charge is 0.325 e. The number of hydrogen-bond donors (Lipinski definition) is 1. The zero-order valence-corrected chi connectivity index (χ0v) is 11.9. The first kappa shape index (κ1) is 13.5. The molecule has 1 fully saturated rings. The van der Waals surface area contributed by atoms with E-state index < -0.39 is 0 Å². The summed E-state index contributed by atoms with van der Waals surface area (Å²) in [7, 11) is 0. The van der Waals surface area contributed by atoms with Crippen LogP contribution < -0.4 is 5.73 Å². The van der Waals surface area contributed by atoms with Gasteiger partial charge >= 0.3 is 0 Å². The summed E-state index contributed by atoms with van der Waals surface area (Å²) in [5, 5.41) is 4.29. The maximum atomic E-state index is 6.62. The van der Waals surface area contributed by atoms with Gasteiger partial charge in [-0.2, -0.15) is 5.10 Å². The fourth-order valence-corrected chi connectivity index (χ4v) is 3.61. The van der Waals surface area contributed by atoms with Crippen LogP contribution in [0.15, 0.2) is 6.33 Å². The summed E-state index contributed by atoms with van der Waals surface area (Å²) in [6.07, 6.45) is 7.12. The quantitative estimate of drug-likeness (QED) is 0.892. The first-order chi connectivity index (χ1) is 8.52. The van der Waals surface area contributed by atoms with Crippen LogP contribution in [0.2, 0.25) is 0 Å². The Balaban J connectivity index is 2.09. The summed E-state index contributed by atoms with van der Waals surface area (Å²) >= 11 is 0. The summed E-state index contributed by atoms with van der Waals surface area (Å²) in [5.74, 6) is 2.50. The van der Waals surface area contributed by atoms with Gasteiger partial charge < -0.3 is 5.73 Å². The Hall–Kier alpha value is -0.900. The van der Waals surface area contributed by atoms with Gasteiger partial charge in [-0.1, -0.05) is 20.8 Å². The third-order valence-electron chi connectivity index (χ3n) is 3.96. The van der Waals surface area contributed by atoms with E-state index >= 15 is 0 Å². The van der Waals surface area contributed by atoms with Crippen LogP contribution in [0, 0.1) is 11.8 Å². The average molecular weight is 250 g/mol. The van der Waals surface area contributed by atoms with Crippen molar-refractivity contribution < 1.29 is 0 Å². The molecule has 2 unspecified atom stereocenters. The molecule has 0 radical (unpaired) electrons. The molecule has 102 valence electrons. The molecule has 18 heavy (non-hydrogen) atoms. The molecule has 4 nitrogen and oxygen atoms in total. The summed E-state index contributed by atoms with van der Waals surface area (Å²) in [6.45, 7) is 7.73. The fourth-order valence-electron chi connectivity index (χ4n) is 3.61. The lowest BCUT2D eigenvalue weighted by atomic mass is 9.70. The van der Waals surface area contributed by atoms with E-state index in [4.69, 9.17) is 5.73 Å². The first-order valence-electron chi connectivity index (χ1n) is 7.18. The number of nitrogens with two attached hydrogens (primary N) is 1. The highest BCUT2D eigenvalue weighted by molar-refractivity contribution is 5.01. The van der Waals surface area contributed by atoms with E-state index in [1.807, 2.05) is 4.68 Å². The van der Waals surface area contributed by atoms with Crippen molar-refractivity contribution in [3.63, 3.8) is 0 Å². The molecule has 1 aliphatic carbocycles. The molecule has 2 N–H and O–H groups in total. The van der Waals surface area contributed by atoms with Gasteiger partial charge in [-0.3, -0.25) is 4.68 Å². The molecule has 4 heteroatoms. The zero-order valence-electron chi connectivity index (χ0n) is 11.9. The van der Waals surface area contributed by atoms with Gasteiger partial charge in [-0.25, -0.2) is 4.98 Å². The molecular weight excluding hydrogens is 224 g/mol. The monoisotopic (exact) mass is 250 g/mol. The van der Waals surface area contributed by atoms with Gasteiger partial charge in [-0.15, -0.1) is 0 Å². The Labute approximate surface area is 110 Å². The minimum absolute atomic E-state index is 0.0877. The number of nitrogens with zero attached hydrogens (tertiary/aromatic N) is 3. The Bertz CT molecular complexity index is 375. The predicted molar refractivity (Wildman–Crippen MR) is 73.1 cm³/mol. The minimum atomic E-state index is -0.0877. The van der Waals surface area contributed by atoms with Crippen molar-refractivity contribution in [2.24, 2.45) is 17.6 Å². The van der Waals surface area contributed by atoms with Crippen molar-refractivity contribution in [3.05, 3.63) is 12.2 Å². The topological polar surface area (TPSA) is 56.7 Å². The number of aromatic nitrogens is 3. The van der Waals surface area contributed by atoms with Crippen LogP contribution in [-0.4, -0.2) is 20.3 Å². The summed E-state index contributed by atoms with van der Waals surface area (Å²) in [5.41, 5.74) is 6.53. The average Bonchev–Trinajstić information content (AvgIpc) is 2.63. The Morgan fingerprint density at radius 3 is 2.67 bits per heavy atom. The normalized spacial score (nSPS) is 32.7. The number of hydrogen-bond acceptors (Lipinski definition) is 3. The smallest absolute Gasteiger partial charge is 0.138 e. The molecule has 0 bridgehead atoms. The van der Waals surface area contributed by atoms with Crippen LogP contribution in [0.25, 0.3) is 0 Å².